The molecule has 0 aliphatic rings. The molecule has 0 aromatic carbocycles. The number of carbonyl (C=O) groups excluding carboxylic acids is 8. The zero-order valence-corrected chi connectivity index (χ0v) is 30.5. The molecular formula is C21H28O16S8. The van der Waals surface area contributed by atoms with Crippen molar-refractivity contribution in [1.29, 1.82) is 0 Å². The van der Waals surface area contributed by atoms with Crippen LogP contribution in [0.2, 0.25) is 0 Å². The van der Waals surface area contributed by atoms with Gasteiger partial charge in [0, 0.05) is 43.2 Å². The maximum Gasteiger partial charge on any atom is 0.377 e. The van der Waals surface area contributed by atoms with Crippen molar-refractivity contribution in [3.05, 3.63) is 0 Å². The largest absolute Gasteiger partial charge is 0.464 e. The molecule has 0 rings (SSSR count). The maximum atomic E-state index is 12.4. The van der Waals surface area contributed by atoms with Crippen LogP contribution < -0.4 is 0 Å². The van der Waals surface area contributed by atoms with Crippen molar-refractivity contribution in [2.24, 2.45) is 5.41 Å². The summed E-state index contributed by atoms with van der Waals surface area (Å²) in [6, 6.07) is 0. The normalized spacial score (nSPS) is 10.6. The van der Waals surface area contributed by atoms with Gasteiger partial charge in [-0.25, -0.2) is 19.2 Å². The fourth-order valence-electron chi connectivity index (χ4n) is 1.99. The quantitative estimate of drug-likeness (QED) is 0.0926. The Morgan fingerprint density at radius 3 is 0.778 bits per heavy atom. The van der Waals surface area contributed by atoms with Gasteiger partial charge < -0.3 is 37.9 Å². The zero-order valence-electron chi connectivity index (χ0n) is 24.0. The van der Waals surface area contributed by atoms with Crippen LogP contribution in [-0.4, -0.2) is 123 Å². The summed E-state index contributed by atoms with van der Waals surface area (Å²) < 4.78 is 39.0. The molecule has 0 N–H and O–H groups in total. The Morgan fingerprint density at radius 2 is 0.600 bits per heavy atom. The Morgan fingerprint density at radius 1 is 0.400 bits per heavy atom. The highest BCUT2D eigenvalue weighted by Gasteiger charge is 2.38. The molecule has 0 aromatic heterocycles. The first kappa shape index (κ1) is 43.6. The molecule has 0 radical (unpaired) electrons. The summed E-state index contributed by atoms with van der Waals surface area (Å²) in [5.74, 6) is -4.48. The molecule has 16 nitrogen and oxygen atoms in total. The van der Waals surface area contributed by atoms with Gasteiger partial charge >= 0.3 is 45.1 Å². The van der Waals surface area contributed by atoms with Crippen LogP contribution in [0.4, 0.5) is 19.2 Å². The molecular weight excluding hydrogens is 765 g/mol. The molecule has 0 heterocycles. The number of methoxy groups -OCH3 is 4. The molecule has 0 bridgehead atoms. The van der Waals surface area contributed by atoms with Crippen LogP contribution in [0, 0.1) is 5.41 Å². The molecule has 0 atom stereocenters. The third-order valence-electron chi connectivity index (χ3n) is 4.04. The number of carbonyl (C=O) groups is 8. The average Bonchev–Trinajstić information content (AvgIpc) is 3.03. The van der Waals surface area contributed by atoms with Crippen LogP contribution in [0.3, 0.4) is 0 Å². The van der Waals surface area contributed by atoms with Crippen LogP contribution in [0.5, 0.6) is 0 Å². The van der Waals surface area contributed by atoms with Gasteiger partial charge in [-0.15, -0.1) is 0 Å². The Balaban J connectivity index is 5.70. The summed E-state index contributed by atoms with van der Waals surface area (Å²) in [4.78, 5) is 94.7. The number of hydrogen-bond donors (Lipinski definition) is 0. The minimum Gasteiger partial charge on any atom is -0.464 e. The average molecular weight is 793 g/mol. The van der Waals surface area contributed by atoms with Crippen LogP contribution in [0.25, 0.3) is 0 Å². The van der Waals surface area contributed by atoms with Gasteiger partial charge in [0.1, 0.15) is 54.9 Å². The molecule has 0 aromatic rings. The molecule has 0 amide bonds. The summed E-state index contributed by atoms with van der Waals surface area (Å²) in [5, 5.41) is -2.60. The second-order valence-corrected chi connectivity index (χ2v) is 16.3. The molecule has 24 heteroatoms. The van der Waals surface area contributed by atoms with Crippen LogP contribution in [0.1, 0.15) is 0 Å². The fraction of sp³-hybridized carbons (Fsp3) is 0.619. The smallest absolute Gasteiger partial charge is 0.377 e. The lowest BCUT2D eigenvalue weighted by atomic mass is 9.92. The van der Waals surface area contributed by atoms with Crippen molar-refractivity contribution >= 4 is 131 Å². The van der Waals surface area contributed by atoms with Gasteiger partial charge in [0.15, 0.2) is 0 Å². The van der Waals surface area contributed by atoms with Gasteiger partial charge in [0.2, 0.25) is 0 Å². The van der Waals surface area contributed by atoms with E-state index >= 15 is 0 Å². The van der Waals surface area contributed by atoms with Gasteiger partial charge in [-0.1, -0.05) is 43.2 Å². The summed E-state index contributed by atoms with van der Waals surface area (Å²) in [7, 11) is 10.5. The summed E-state index contributed by atoms with van der Waals surface area (Å²) in [6.07, 6.45) is 0. The Bertz CT molecular complexity index is 856. The van der Waals surface area contributed by atoms with E-state index in [9.17, 15) is 38.4 Å². The number of hydrogen-bond acceptors (Lipinski definition) is 24. The molecule has 0 unspecified atom stereocenters. The summed E-state index contributed by atoms with van der Waals surface area (Å²) in [6.45, 7) is -2.33. The van der Waals surface area contributed by atoms with E-state index in [4.69, 9.17) is 18.9 Å². The van der Waals surface area contributed by atoms with E-state index in [1.165, 1.54) is 28.4 Å². The van der Waals surface area contributed by atoms with Gasteiger partial charge in [-0.3, -0.25) is 19.2 Å². The van der Waals surface area contributed by atoms with E-state index in [-0.39, 0.29) is 23.0 Å². The SMILES string of the molecule is COC(=O)SSCC(=O)OCC(COC(=O)CSSC(=O)OC)(COC(=O)CSSC(=O)OC)COC(=O)CSSC(=O)OC. The van der Waals surface area contributed by atoms with Crippen LogP contribution in [0.15, 0.2) is 0 Å². The van der Waals surface area contributed by atoms with Crippen LogP contribution >= 0.6 is 86.4 Å². The van der Waals surface area contributed by atoms with E-state index in [0.29, 0.717) is 43.2 Å². The van der Waals surface area contributed by atoms with E-state index in [1.807, 2.05) is 0 Å². The predicted octanol–water partition coefficient (Wildman–Crippen LogP) is 4.74. The monoisotopic (exact) mass is 792 g/mol. The second-order valence-electron chi connectivity index (χ2n) is 7.34. The van der Waals surface area contributed by atoms with E-state index in [2.05, 4.69) is 18.9 Å². The minimum atomic E-state index is -1.63. The fourth-order valence-corrected chi connectivity index (χ4v) is 7.43. The van der Waals surface area contributed by atoms with Crippen molar-refractivity contribution in [2.45, 2.75) is 0 Å². The maximum absolute atomic E-state index is 12.4. The lowest BCUT2D eigenvalue weighted by molar-refractivity contribution is -0.167. The number of esters is 4. The molecule has 0 aliphatic carbocycles. The summed E-state index contributed by atoms with van der Waals surface area (Å²) in [5.41, 5.74) is -1.63. The van der Waals surface area contributed by atoms with Gasteiger partial charge in [-0.2, -0.15) is 0 Å². The predicted molar refractivity (Wildman–Crippen MR) is 176 cm³/mol. The Labute approximate surface area is 289 Å². The first-order valence-electron chi connectivity index (χ1n) is 11.5. The molecule has 0 spiro atoms. The van der Waals surface area contributed by atoms with Crippen molar-refractivity contribution in [3.63, 3.8) is 0 Å². The van der Waals surface area contributed by atoms with Crippen molar-refractivity contribution in [2.75, 3.05) is 77.9 Å². The number of ether oxygens (including phenoxy) is 8. The third kappa shape index (κ3) is 23.5. The Kier molecular flexibility index (Phi) is 25.8. The molecule has 256 valence electrons. The molecule has 0 saturated heterocycles. The van der Waals surface area contributed by atoms with Crippen molar-refractivity contribution in [1.82, 2.24) is 0 Å². The highest BCUT2D eigenvalue weighted by molar-refractivity contribution is 8.83. The minimum absolute atomic E-state index is 0.306. The summed E-state index contributed by atoms with van der Waals surface area (Å²) >= 11 is 0. The Hall–Kier alpha value is -1.44. The van der Waals surface area contributed by atoms with Crippen molar-refractivity contribution < 1.29 is 76.3 Å². The highest BCUT2D eigenvalue weighted by atomic mass is 33.1. The molecule has 0 saturated carbocycles. The van der Waals surface area contributed by atoms with E-state index < -0.39 is 76.9 Å². The van der Waals surface area contributed by atoms with Gasteiger partial charge in [0.05, 0.1) is 28.4 Å². The second kappa shape index (κ2) is 26.6. The first-order valence-corrected chi connectivity index (χ1v) is 20.8. The lowest BCUT2D eigenvalue weighted by Crippen LogP contribution is -2.44. The molecule has 0 aliphatic heterocycles. The zero-order chi connectivity index (χ0) is 34.1. The van der Waals surface area contributed by atoms with Crippen molar-refractivity contribution in [3.8, 4) is 0 Å². The topological polar surface area (TPSA) is 210 Å². The highest BCUT2D eigenvalue weighted by Crippen LogP contribution is 2.28. The number of rotatable bonds is 20. The van der Waals surface area contributed by atoms with E-state index in [1.54, 1.807) is 0 Å². The third-order valence-corrected chi connectivity index (χ3v) is 11.6. The first-order chi connectivity index (χ1) is 21.4. The standard InChI is InChI=1S/C21H28O16S8/c1-30-17(26)42-38-5-13(22)34-9-21(10-35-14(23)6-39-43-18(27)31-2,11-36-15(24)7-40-44-19(28)32-3)12-37-16(25)8-41-45-20(29)33-4/h5-12H2,1-4H3. The molecule has 45 heavy (non-hydrogen) atoms. The van der Waals surface area contributed by atoms with E-state index in [0.717, 1.165) is 43.2 Å². The lowest BCUT2D eigenvalue weighted by Gasteiger charge is -2.31. The molecule has 0 fully saturated rings. The van der Waals surface area contributed by atoms with Gasteiger partial charge in [-0.05, 0) is 0 Å². The van der Waals surface area contributed by atoms with Crippen LogP contribution in [-0.2, 0) is 57.1 Å². The van der Waals surface area contributed by atoms with Gasteiger partial charge in [0.25, 0.3) is 0 Å².